The zero-order valence-corrected chi connectivity index (χ0v) is 17.8. The molecular weight excluding hydrogens is 438 g/mol. The highest BCUT2D eigenvalue weighted by molar-refractivity contribution is 9.10. The van der Waals surface area contributed by atoms with Gasteiger partial charge in [-0.3, -0.25) is 4.79 Å². The molecule has 0 saturated carbocycles. The molecule has 0 radical (unpaired) electrons. The van der Waals surface area contributed by atoms with Gasteiger partial charge in [-0.25, -0.2) is 0 Å². The van der Waals surface area contributed by atoms with Gasteiger partial charge >= 0.3 is 0 Å². The molecule has 0 atom stereocenters. The molecule has 2 aromatic heterocycles. The average molecular weight is 456 g/mol. The number of amides is 1. The number of furan rings is 1. The van der Waals surface area contributed by atoms with Crippen molar-refractivity contribution in [1.29, 1.82) is 0 Å². The number of carbonyl (C=O) groups is 1. The predicted octanol–water partition coefficient (Wildman–Crippen LogP) is 6.42. The number of aryl methyl sites for hydroxylation is 1. The van der Waals surface area contributed by atoms with Crippen LogP contribution in [0.5, 0.6) is 5.75 Å². The lowest BCUT2D eigenvalue weighted by atomic mass is 10.1. The van der Waals surface area contributed by atoms with Crippen molar-refractivity contribution in [2.24, 2.45) is 0 Å². The molecule has 28 heavy (non-hydrogen) atoms. The second-order valence-corrected chi connectivity index (χ2v) is 8.31. The summed E-state index contributed by atoms with van der Waals surface area (Å²) in [5, 5.41) is 2.94. The Balaban J connectivity index is 1.76. The Bertz CT molecular complexity index is 1120. The third kappa shape index (κ3) is 3.57. The molecule has 142 valence electrons. The molecule has 0 aliphatic heterocycles. The Kier molecular flexibility index (Phi) is 5.24. The maximum absolute atomic E-state index is 13.5. The number of fused-ring (bicyclic) bond motifs is 1. The third-order valence-corrected chi connectivity index (χ3v) is 5.97. The summed E-state index contributed by atoms with van der Waals surface area (Å²) in [6.07, 6.45) is 0. The van der Waals surface area contributed by atoms with Crippen molar-refractivity contribution in [1.82, 2.24) is 0 Å². The topological polar surface area (TPSA) is 42.7 Å². The van der Waals surface area contributed by atoms with E-state index in [0.29, 0.717) is 17.9 Å². The predicted molar refractivity (Wildman–Crippen MR) is 116 cm³/mol. The quantitative estimate of drug-likeness (QED) is 0.348. The molecule has 6 heteroatoms. The first-order chi connectivity index (χ1) is 13.6. The second-order valence-electron chi connectivity index (χ2n) is 6.37. The number of anilines is 1. The summed E-state index contributed by atoms with van der Waals surface area (Å²) >= 11 is 5.11. The molecule has 2 heterocycles. The zero-order chi connectivity index (χ0) is 19.7. The highest BCUT2D eigenvalue weighted by Gasteiger charge is 2.25. The summed E-state index contributed by atoms with van der Waals surface area (Å²) in [7, 11) is 1.62. The molecule has 0 aliphatic rings. The number of rotatable bonds is 5. The monoisotopic (exact) mass is 455 g/mol. The van der Waals surface area contributed by atoms with Crippen LogP contribution in [0.25, 0.3) is 11.0 Å². The summed E-state index contributed by atoms with van der Waals surface area (Å²) < 4.78 is 12.1. The van der Waals surface area contributed by atoms with Gasteiger partial charge in [-0.1, -0.05) is 22.0 Å². The van der Waals surface area contributed by atoms with Crippen LogP contribution in [0, 0.1) is 6.92 Å². The molecule has 0 aliphatic carbocycles. The van der Waals surface area contributed by atoms with Gasteiger partial charge in [-0.2, -0.15) is 0 Å². The molecular formula is C22H18BrNO3S. The molecule has 0 spiro atoms. The van der Waals surface area contributed by atoms with Gasteiger partial charge in [0, 0.05) is 26.0 Å². The molecule has 0 bridgehead atoms. The molecule has 1 amide bonds. The van der Waals surface area contributed by atoms with E-state index >= 15 is 0 Å². The first-order valence-corrected chi connectivity index (χ1v) is 10.4. The van der Waals surface area contributed by atoms with Gasteiger partial charge in [0.25, 0.3) is 5.91 Å². The van der Waals surface area contributed by atoms with Crippen molar-refractivity contribution in [3.05, 3.63) is 80.7 Å². The lowest BCUT2D eigenvalue weighted by Crippen LogP contribution is -2.30. The second kappa shape index (κ2) is 7.81. The minimum absolute atomic E-state index is 0.164. The van der Waals surface area contributed by atoms with Gasteiger partial charge in [0.2, 0.25) is 0 Å². The van der Waals surface area contributed by atoms with Gasteiger partial charge in [0.05, 0.1) is 13.7 Å². The standard InChI is InChI=1S/C22H18BrNO3S/c1-14-19-12-15(23)5-10-20(19)27-21(14)22(25)24(13-18-4-3-11-28-18)16-6-8-17(26-2)9-7-16/h3-12H,13H2,1-2H3. The SMILES string of the molecule is COc1ccc(N(Cc2cccs2)C(=O)c2oc3ccc(Br)cc3c2C)cc1. The van der Waals surface area contributed by atoms with E-state index in [0.717, 1.165) is 31.7 Å². The Hall–Kier alpha value is -2.57. The number of hydrogen-bond donors (Lipinski definition) is 0. The highest BCUT2D eigenvalue weighted by atomic mass is 79.9. The summed E-state index contributed by atoms with van der Waals surface area (Å²) in [5.74, 6) is 0.945. The van der Waals surface area contributed by atoms with Crippen LogP contribution in [-0.4, -0.2) is 13.0 Å². The number of methoxy groups -OCH3 is 1. The lowest BCUT2D eigenvalue weighted by molar-refractivity contribution is 0.0960. The van der Waals surface area contributed by atoms with Crippen molar-refractivity contribution >= 4 is 49.8 Å². The summed E-state index contributed by atoms with van der Waals surface area (Å²) in [5.41, 5.74) is 2.33. The van der Waals surface area contributed by atoms with E-state index in [1.54, 1.807) is 23.3 Å². The third-order valence-electron chi connectivity index (χ3n) is 4.62. The number of ether oxygens (including phenoxy) is 1. The van der Waals surface area contributed by atoms with E-state index in [2.05, 4.69) is 15.9 Å². The zero-order valence-electron chi connectivity index (χ0n) is 15.4. The first-order valence-electron chi connectivity index (χ1n) is 8.74. The van der Waals surface area contributed by atoms with Crippen LogP contribution in [0.15, 0.2) is 68.9 Å². The number of hydrogen-bond acceptors (Lipinski definition) is 4. The van der Waals surface area contributed by atoms with Crippen molar-refractivity contribution in [2.45, 2.75) is 13.5 Å². The molecule has 0 unspecified atom stereocenters. The van der Waals surface area contributed by atoms with E-state index in [9.17, 15) is 4.79 Å². The normalized spacial score (nSPS) is 11.0. The largest absolute Gasteiger partial charge is 0.497 e. The minimum atomic E-state index is -0.164. The maximum atomic E-state index is 13.5. The summed E-state index contributed by atoms with van der Waals surface area (Å²) in [6, 6.07) is 17.3. The van der Waals surface area contributed by atoms with Gasteiger partial charge in [-0.05, 0) is 60.8 Å². The van der Waals surface area contributed by atoms with E-state index in [4.69, 9.17) is 9.15 Å². The number of nitrogens with zero attached hydrogens (tertiary/aromatic N) is 1. The van der Waals surface area contributed by atoms with Crippen LogP contribution in [0.2, 0.25) is 0 Å². The number of benzene rings is 2. The lowest BCUT2D eigenvalue weighted by Gasteiger charge is -2.22. The van der Waals surface area contributed by atoms with E-state index < -0.39 is 0 Å². The highest BCUT2D eigenvalue weighted by Crippen LogP contribution is 2.31. The maximum Gasteiger partial charge on any atom is 0.294 e. The fourth-order valence-electron chi connectivity index (χ4n) is 3.12. The smallest absolute Gasteiger partial charge is 0.294 e. The molecule has 0 fully saturated rings. The molecule has 4 rings (SSSR count). The number of carbonyl (C=O) groups excluding carboxylic acids is 1. The Morgan fingerprint density at radius 1 is 1.18 bits per heavy atom. The van der Waals surface area contributed by atoms with Crippen molar-refractivity contribution in [3.63, 3.8) is 0 Å². The summed E-state index contributed by atoms with van der Waals surface area (Å²) in [6.45, 7) is 2.39. The first kappa shape index (κ1) is 18.8. The molecule has 4 aromatic rings. The van der Waals surface area contributed by atoms with Crippen molar-refractivity contribution in [2.75, 3.05) is 12.0 Å². The van der Waals surface area contributed by atoms with E-state index in [-0.39, 0.29) is 5.91 Å². The number of thiophene rings is 1. The van der Waals surface area contributed by atoms with Crippen molar-refractivity contribution < 1.29 is 13.9 Å². The van der Waals surface area contributed by atoms with Gasteiger partial charge in [0.15, 0.2) is 5.76 Å². The van der Waals surface area contributed by atoms with Gasteiger partial charge < -0.3 is 14.1 Å². The van der Waals surface area contributed by atoms with Crippen LogP contribution in [0.1, 0.15) is 21.0 Å². The molecule has 4 nitrogen and oxygen atoms in total. The van der Waals surface area contributed by atoms with Crippen LogP contribution < -0.4 is 9.64 Å². The Morgan fingerprint density at radius 3 is 2.64 bits per heavy atom. The molecule has 2 aromatic carbocycles. The average Bonchev–Trinajstić information content (AvgIpc) is 3.34. The minimum Gasteiger partial charge on any atom is -0.497 e. The molecule has 0 saturated heterocycles. The molecule has 0 N–H and O–H groups in total. The van der Waals surface area contributed by atoms with Crippen LogP contribution >= 0.6 is 27.3 Å². The summed E-state index contributed by atoms with van der Waals surface area (Å²) in [4.78, 5) is 16.3. The Morgan fingerprint density at radius 2 is 1.96 bits per heavy atom. The Labute approximate surface area is 175 Å². The van der Waals surface area contributed by atoms with Crippen LogP contribution in [-0.2, 0) is 6.54 Å². The van der Waals surface area contributed by atoms with E-state index in [1.165, 1.54) is 0 Å². The fraction of sp³-hybridized carbons (Fsp3) is 0.136. The van der Waals surface area contributed by atoms with Gasteiger partial charge in [0.1, 0.15) is 11.3 Å². The van der Waals surface area contributed by atoms with Crippen LogP contribution in [0.4, 0.5) is 5.69 Å². The van der Waals surface area contributed by atoms with Crippen LogP contribution in [0.3, 0.4) is 0 Å². The van der Waals surface area contributed by atoms with E-state index in [1.807, 2.05) is 66.9 Å². The fourth-order valence-corrected chi connectivity index (χ4v) is 4.17. The number of halogens is 1. The van der Waals surface area contributed by atoms with Gasteiger partial charge in [-0.15, -0.1) is 11.3 Å². The van der Waals surface area contributed by atoms with Crippen molar-refractivity contribution in [3.8, 4) is 5.75 Å².